The van der Waals surface area contributed by atoms with Gasteiger partial charge in [-0.2, -0.15) is 0 Å². The third-order valence-corrected chi connectivity index (χ3v) is 4.38. The molecular formula is C21H23N5O2. The molecule has 7 heteroatoms. The predicted octanol–water partition coefficient (Wildman–Crippen LogP) is 2.49. The Morgan fingerprint density at radius 3 is 2.61 bits per heavy atom. The summed E-state index contributed by atoms with van der Waals surface area (Å²) in [5.41, 5.74) is 2.39. The Morgan fingerprint density at radius 1 is 1.11 bits per heavy atom. The number of anilines is 1. The largest absolute Gasteiger partial charge is 0.496 e. The summed E-state index contributed by atoms with van der Waals surface area (Å²) in [7, 11) is 3.56. The number of nitrogens with zero attached hydrogens (tertiary/aromatic N) is 4. The fourth-order valence-electron chi connectivity index (χ4n) is 2.71. The molecule has 0 bridgehead atoms. The summed E-state index contributed by atoms with van der Waals surface area (Å²) in [6, 6.07) is 11.5. The molecule has 1 N–H and O–H groups in total. The number of benzene rings is 1. The highest BCUT2D eigenvalue weighted by Crippen LogP contribution is 2.17. The number of hydrogen-bond acceptors (Lipinski definition) is 6. The van der Waals surface area contributed by atoms with Gasteiger partial charge in [-0.15, -0.1) is 0 Å². The predicted molar refractivity (Wildman–Crippen MR) is 107 cm³/mol. The standard InChI is InChI=1S/C21H23N5O2/c1-26(12-9-16-7-10-22-11-8-16)20-15-23-18(14-24-20)21(27)25-13-17-5-3-4-6-19(17)28-2/h3-8,10-11,14-15H,9,12-13H2,1-2H3,(H,25,27). The second kappa shape index (κ2) is 9.45. The fraction of sp³-hybridized carbons (Fsp3) is 0.238. The first-order valence-electron chi connectivity index (χ1n) is 8.99. The van der Waals surface area contributed by atoms with E-state index in [1.807, 2.05) is 48.3 Å². The molecule has 2 aromatic heterocycles. The lowest BCUT2D eigenvalue weighted by Gasteiger charge is -2.17. The van der Waals surface area contributed by atoms with E-state index >= 15 is 0 Å². The topological polar surface area (TPSA) is 80.2 Å². The number of ether oxygens (including phenoxy) is 1. The van der Waals surface area contributed by atoms with Gasteiger partial charge in [0, 0.05) is 38.1 Å². The number of methoxy groups -OCH3 is 1. The number of aromatic nitrogens is 3. The van der Waals surface area contributed by atoms with Gasteiger partial charge in [-0.1, -0.05) is 18.2 Å². The van der Waals surface area contributed by atoms with Gasteiger partial charge < -0.3 is 15.0 Å². The summed E-state index contributed by atoms with van der Waals surface area (Å²) in [4.78, 5) is 27.0. The number of hydrogen-bond donors (Lipinski definition) is 1. The molecular weight excluding hydrogens is 354 g/mol. The molecule has 0 aliphatic rings. The number of rotatable bonds is 8. The van der Waals surface area contributed by atoms with Crippen LogP contribution in [0.3, 0.4) is 0 Å². The van der Waals surface area contributed by atoms with Crippen LogP contribution in [0.4, 0.5) is 5.82 Å². The summed E-state index contributed by atoms with van der Waals surface area (Å²) in [5, 5.41) is 2.84. The van der Waals surface area contributed by atoms with Gasteiger partial charge in [0.15, 0.2) is 0 Å². The summed E-state index contributed by atoms with van der Waals surface area (Å²) >= 11 is 0. The minimum Gasteiger partial charge on any atom is -0.496 e. The summed E-state index contributed by atoms with van der Waals surface area (Å²) in [6.45, 7) is 1.15. The van der Waals surface area contributed by atoms with E-state index in [9.17, 15) is 4.79 Å². The summed E-state index contributed by atoms with van der Waals surface area (Å²) in [5.74, 6) is 1.18. The maximum Gasteiger partial charge on any atom is 0.271 e. The van der Waals surface area contributed by atoms with Crippen molar-refractivity contribution in [3.63, 3.8) is 0 Å². The lowest BCUT2D eigenvalue weighted by Crippen LogP contribution is -2.25. The van der Waals surface area contributed by atoms with Crippen molar-refractivity contribution in [3.05, 3.63) is 78.0 Å². The van der Waals surface area contributed by atoms with Crippen molar-refractivity contribution in [3.8, 4) is 5.75 Å². The number of para-hydroxylation sites is 1. The van der Waals surface area contributed by atoms with Crippen LogP contribution in [0.2, 0.25) is 0 Å². The Hall–Kier alpha value is -3.48. The molecule has 0 saturated heterocycles. The van der Waals surface area contributed by atoms with Gasteiger partial charge in [0.1, 0.15) is 17.3 Å². The number of amides is 1. The zero-order valence-electron chi connectivity index (χ0n) is 16.0. The minimum absolute atomic E-state index is 0.274. The van der Waals surface area contributed by atoms with Crippen LogP contribution in [0.15, 0.2) is 61.2 Å². The third-order valence-electron chi connectivity index (χ3n) is 4.38. The molecule has 0 saturated carbocycles. The summed E-state index contributed by atoms with van der Waals surface area (Å²) < 4.78 is 5.29. The quantitative estimate of drug-likeness (QED) is 0.650. The van der Waals surface area contributed by atoms with Crippen LogP contribution >= 0.6 is 0 Å². The Bertz CT molecular complexity index is 900. The second-order valence-electron chi connectivity index (χ2n) is 6.28. The van der Waals surface area contributed by atoms with Crippen LogP contribution < -0.4 is 15.0 Å². The normalized spacial score (nSPS) is 10.4. The molecule has 7 nitrogen and oxygen atoms in total. The summed E-state index contributed by atoms with van der Waals surface area (Å²) in [6.07, 6.45) is 7.56. The molecule has 3 aromatic rings. The molecule has 1 amide bonds. The maximum absolute atomic E-state index is 12.3. The van der Waals surface area contributed by atoms with Crippen LogP contribution in [0.25, 0.3) is 0 Å². The van der Waals surface area contributed by atoms with Crippen molar-refractivity contribution in [2.24, 2.45) is 0 Å². The lowest BCUT2D eigenvalue weighted by atomic mass is 10.2. The molecule has 0 unspecified atom stereocenters. The van der Waals surface area contributed by atoms with E-state index in [4.69, 9.17) is 4.74 Å². The van der Waals surface area contributed by atoms with E-state index in [1.165, 1.54) is 11.8 Å². The van der Waals surface area contributed by atoms with Crippen molar-refractivity contribution < 1.29 is 9.53 Å². The Kier molecular flexibility index (Phi) is 6.51. The van der Waals surface area contributed by atoms with E-state index < -0.39 is 0 Å². The monoisotopic (exact) mass is 377 g/mol. The highest BCUT2D eigenvalue weighted by Gasteiger charge is 2.11. The molecule has 28 heavy (non-hydrogen) atoms. The molecule has 0 fully saturated rings. The van der Waals surface area contributed by atoms with Gasteiger partial charge in [-0.3, -0.25) is 9.78 Å². The van der Waals surface area contributed by atoms with E-state index in [1.54, 1.807) is 25.7 Å². The van der Waals surface area contributed by atoms with Gasteiger partial charge >= 0.3 is 0 Å². The van der Waals surface area contributed by atoms with Crippen molar-refractivity contribution in [1.29, 1.82) is 0 Å². The number of carbonyl (C=O) groups excluding carboxylic acids is 1. The highest BCUT2D eigenvalue weighted by atomic mass is 16.5. The molecule has 0 spiro atoms. The maximum atomic E-state index is 12.3. The van der Waals surface area contributed by atoms with E-state index in [0.29, 0.717) is 6.54 Å². The van der Waals surface area contributed by atoms with Gasteiger partial charge in [0.2, 0.25) is 0 Å². The number of pyridine rings is 1. The van der Waals surface area contributed by atoms with Gasteiger partial charge in [-0.25, -0.2) is 9.97 Å². The zero-order chi connectivity index (χ0) is 19.8. The molecule has 144 valence electrons. The van der Waals surface area contributed by atoms with Crippen molar-refractivity contribution in [2.75, 3.05) is 25.6 Å². The first kappa shape index (κ1) is 19.3. The van der Waals surface area contributed by atoms with Gasteiger partial charge in [-0.05, 0) is 30.2 Å². The Morgan fingerprint density at radius 2 is 1.89 bits per heavy atom. The fourth-order valence-corrected chi connectivity index (χ4v) is 2.71. The smallest absolute Gasteiger partial charge is 0.271 e. The number of carbonyl (C=O) groups is 1. The van der Waals surface area contributed by atoms with E-state index in [-0.39, 0.29) is 11.6 Å². The van der Waals surface area contributed by atoms with Crippen molar-refractivity contribution in [2.45, 2.75) is 13.0 Å². The Balaban J connectivity index is 1.55. The van der Waals surface area contributed by atoms with Crippen LogP contribution in [-0.4, -0.2) is 41.6 Å². The molecule has 1 aromatic carbocycles. The first-order chi connectivity index (χ1) is 13.7. The number of nitrogens with one attached hydrogen (secondary N) is 1. The second-order valence-corrected chi connectivity index (χ2v) is 6.28. The van der Waals surface area contributed by atoms with Crippen molar-refractivity contribution in [1.82, 2.24) is 20.3 Å². The van der Waals surface area contributed by atoms with Gasteiger partial charge in [0.25, 0.3) is 5.91 Å². The van der Waals surface area contributed by atoms with Crippen LogP contribution in [0, 0.1) is 0 Å². The van der Waals surface area contributed by atoms with Crippen LogP contribution in [0.1, 0.15) is 21.6 Å². The van der Waals surface area contributed by atoms with E-state index in [2.05, 4.69) is 20.3 Å². The highest BCUT2D eigenvalue weighted by molar-refractivity contribution is 5.92. The van der Waals surface area contributed by atoms with Gasteiger partial charge in [0.05, 0.1) is 19.5 Å². The lowest BCUT2D eigenvalue weighted by molar-refractivity contribution is 0.0945. The average molecular weight is 377 g/mol. The molecule has 0 atom stereocenters. The van der Waals surface area contributed by atoms with Crippen LogP contribution in [0.5, 0.6) is 5.75 Å². The minimum atomic E-state index is -0.274. The first-order valence-corrected chi connectivity index (χ1v) is 8.99. The molecule has 0 aliphatic carbocycles. The molecule has 0 aliphatic heterocycles. The van der Waals surface area contributed by atoms with Crippen molar-refractivity contribution >= 4 is 11.7 Å². The Labute approximate surface area is 164 Å². The van der Waals surface area contributed by atoms with Crippen LogP contribution in [-0.2, 0) is 13.0 Å². The third kappa shape index (κ3) is 5.03. The molecule has 3 rings (SSSR count). The zero-order valence-corrected chi connectivity index (χ0v) is 16.0. The SMILES string of the molecule is COc1ccccc1CNC(=O)c1cnc(N(C)CCc2ccncc2)cn1. The molecule has 0 radical (unpaired) electrons. The molecule has 2 heterocycles. The number of likely N-dealkylation sites (N-methyl/N-ethyl adjacent to an activating group) is 1. The average Bonchev–Trinajstić information content (AvgIpc) is 2.76. The van der Waals surface area contributed by atoms with E-state index in [0.717, 1.165) is 30.1 Å².